The largest absolute Gasteiger partial charge is 0.396 e. The maximum absolute atomic E-state index is 9.01. The third-order valence-corrected chi connectivity index (χ3v) is 2.27. The van der Waals surface area contributed by atoms with Gasteiger partial charge in [0.05, 0.1) is 11.5 Å². The van der Waals surface area contributed by atoms with E-state index in [0.717, 1.165) is 5.56 Å². The predicted molar refractivity (Wildman–Crippen MR) is 51.1 cm³/mol. The first-order valence-corrected chi connectivity index (χ1v) is 4.30. The van der Waals surface area contributed by atoms with Gasteiger partial charge in [0, 0.05) is 6.61 Å². The summed E-state index contributed by atoms with van der Waals surface area (Å²) in [5.74, 6) is 0. The highest BCUT2D eigenvalue weighted by Crippen LogP contribution is 2.25. The monoisotopic (exact) mass is 175 g/mol. The highest BCUT2D eigenvalue weighted by atomic mass is 16.3. The minimum Gasteiger partial charge on any atom is -0.396 e. The van der Waals surface area contributed by atoms with Gasteiger partial charge in [0.1, 0.15) is 0 Å². The molecule has 0 fully saturated rings. The number of aliphatic hydroxyl groups excluding tert-OH is 1. The Morgan fingerprint density at radius 2 is 2.00 bits per heavy atom. The molecule has 1 N–H and O–H groups in total. The smallest absolute Gasteiger partial charge is 0.0816 e. The lowest BCUT2D eigenvalue weighted by molar-refractivity contribution is 0.264. The van der Waals surface area contributed by atoms with Gasteiger partial charge in [-0.25, -0.2) is 0 Å². The molecule has 0 aliphatic heterocycles. The molecule has 0 radical (unpaired) electrons. The lowest BCUT2D eigenvalue weighted by atomic mass is 9.81. The summed E-state index contributed by atoms with van der Waals surface area (Å²) >= 11 is 0. The second-order valence-electron chi connectivity index (χ2n) is 3.28. The first kappa shape index (κ1) is 9.76. The van der Waals surface area contributed by atoms with Crippen molar-refractivity contribution in [1.82, 2.24) is 0 Å². The van der Waals surface area contributed by atoms with Crippen LogP contribution in [0.1, 0.15) is 18.9 Å². The molecule has 13 heavy (non-hydrogen) atoms. The van der Waals surface area contributed by atoms with Crippen LogP contribution in [-0.4, -0.2) is 11.7 Å². The van der Waals surface area contributed by atoms with Gasteiger partial charge in [0.15, 0.2) is 0 Å². The molecule has 2 heteroatoms. The van der Waals surface area contributed by atoms with Gasteiger partial charge in [-0.15, -0.1) is 0 Å². The number of rotatable bonds is 3. The van der Waals surface area contributed by atoms with E-state index in [9.17, 15) is 0 Å². The van der Waals surface area contributed by atoms with Crippen LogP contribution in [-0.2, 0) is 5.41 Å². The molecule has 0 aliphatic rings. The Morgan fingerprint density at radius 1 is 1.38 bits per heavy atom. The van der Waals surface area contributed by atoms with Crippen LogP contribution in [0.3, 0.4) is 0 Å². The Morgan fingerprint density at radius 3 is 2.46 bits per heavy atom. The molecule has 68 valence electrons. The fourth-order valence-electron chi connectivity index (χ4n) is 1.29. The topological polar surface area (TPSA) is 44.0 Å². The van der Waals surface area contributed by atoms with Crippen molar-refractivity contribution in [2.75, 3.05) is 6.61 Å². The van der Waals surface area contributed by atoms with Crippen molar-refractivity contribution in [2.24, 2.45) is 0 Å². The summed E-state index contributed by atoms with van der Waals surface area (Å²) in [6, 6.07) is 11.8. The summed E-state index contributed by atoms with van der Waals surface area (Å²) in [5, 5.41) is 17.9. The fourth-order valence-corrected chi connectivity index (χ4v) is 1.29. The van der Waals surface area contributed by atoms with Crippen molar-refractivity contribution in [3.8, 4) is 6.07 Å². The molecule has 1 unspecified atom stereocenters. The molecule has 0 aromatic heterocycles. The van der Waals surface area contributed by atoms with Gasteiger partial charge in [-0.2, -0.15) is 5.26 Å². The van der Waals surface area contributed by atoms with Gasteiger partial charge >= 0.3 is 0 Å². The van der Waals surface area contributed by atoms with Gasteiger partial charge in [0.2, 0.25) is 0 Å². The third kappa shape index (κ3) is 2.07. The van der Waals surface area contributed by atoms with Crippen LogP contribution in [0.15, 0.2) is 30.3 Å². The van der Waals surface area contributed by atoms with Crippen LogP contribution in [0.25, 0.3) is 0 Å². The van der Waals surface area contributed by atoms with E-state index in [-0.39, 0.29) is 6.61 Å². The van der Waals surface area contributed by atoms with Crippen molar-refractivity contribution in [2.45, 2.75) is 18.8 Å². The normalized spacial score (nSPS) is 14.5. The highest BCUT2D eigenvalue weighted by molar-refractivity contribution is 5.30. The summed E-state index contributed by atoms with van der Waals surface area (Å²) in [6.45, 7) is 1.89. The van der Waals surface area contributed by atoms with E-state index in [1.807, 2.05) is 37.3 Å². The summed E-state index contributed by atoms with van der Waals surface area (Å²) in [5.41, 5.74) is 0.405. The third-order valence-electron chi connectivity index (χ3n) is 2.27. The minimum absolute atomic E-state index is 0.0406. The van der Waals surface area contributed by atoms with Gasteiger partial charge in [-0.3, -0.25) is 0 Å². The first-order valence-electron chi connectivity index (χ1n) is 4.30. The van der Waals surface area contributed by atoms with E-state index >= 15 is 0 Å². The summed E-state index contributed by atoms with van der Waals surface area (Å²) in [6.07, 6.45) is 0.480. The van der Waals surface area contributed by atoms with E-state index in [2.05, 4.69) is 6.07 Å². The number of nitriles is 1. The molecule has 0 bridgehead atoms. The second-order valence-corrected chi connectivity index (χ2v) is 3.28. The molecule has 1 atom stereocenters. The lowest BCUT2D eigenvalue weighted by Gasteiger charge is -2.20. The van der Waals surface area contributed by atoms with Crippen LogP contribution in [0.5, 0.6) is 0 Å². The number of hydrogen-bond donors (Lipinski definition) is 1. The average Bonchev–Trinajstić information content (AvgIpc) is 2.19. The molecule has 1 aromatic carbocycles. The first-order chi connectivity index (χ1) is 6.23. The Bertz CT molecular complexity index is 302. The van der Waals surface area contributed by atoms with Crippen molar-refractivity contribution in [1.29, 1.82) is 5.26 Å². The molecule has 0 amide bonds. The van der Waals surface area contributed by atoms with Gasteiger partial charge < -0.3 is 5.11 Å². The van der Waals surface area contributed by atoms with Crippen LogP contribution >= 0.6 is 0 Å². The van der Waals surface area contributed by atoms with Crippen molar-refractivity contribution >= 4 is 0 Å². The molecular weight excluding hydrogens is 162 g/mol. The van der Waals surface area contributed by atoms with E-state index in [1.54, 1.807) is 0 Å². The van der Waals surface area contributed by atoms with E-state index in [4.69, 9.17) is 10.4 Å². The zero-order chi connectivity index (χ0) is 9.73. The zero-order valence-electron chi connectivity index (χ0n) is 7.70. The van der Waals surface area contributed by atoms with Crippen LogP contribution < -0.4 is 0 Å². The minimum atomic E-state index is -0.560. The second kappa shape index (κ2) is 4.06. The molecule has 0 heterocycles. The molecule has 0 aliphatic carbocycles. The molecule has 1 aromatic rings. The standard InChI is InChI=1S/C11H13NO/c1-11(9-12,7-8-13)10-5-3-2-4-6-10/h2-6,13H,7-8H2,1H3. The Kier molecular flexibility index (Phi) is 3.05. The Labute approximate surface area is 78.4 Å². The highest BCUT2D eigenvalue weighted by Gasteiger charge is 2.24. The van der Waals surface area contributed by atoms with Crippen LogP contribution in [0.2, 0.25) is 0 Å². The molecule has 0 saturated heterocycles. The summed E-state index contributed by atoms with van der Waals surface area (Å²) < 4.78 is 0. The molecule has 0 saturated carbocycles. The fraction of sp³-hybridized carbons (Fsp3) is 0.364. The van der Waals surface area contributed by atoms with E-state index < -0.39 is 5.41 Å². The van der Waals surface area contributed by atoms with Gasteiger partial charge in [0.25, 0.3) is 0 Å². The maximum Gasteiger partial charge on any atom is 0.0816 e. The van der Waals surface area contributed by atoms with E-state index in [1.165, 1.54) is 0 Å². The number of aliphatic hydroxyl groups is 1. The van der Waals surface area contributed by atoms with Gasteiger partial charge in [-0.1, -0.05) is 30.3 Å². The van der Waals surface area contributed by atoms with Crippen molar-refractivity contribution in [3.63, 3.8) is 0 Å². The Hall–Kier alpha value is -1.33. The van der Waals surface area contributed by atoms with Crippen molar-refractivity contribution < 1.29 is 5.11 Å². The predicted octanol–water partition coefficient (Wildman–Crippen LogP) is 1.85. The SMILES string of the molecule is CC(C#N)(CCO)c1ccccc1. The van der Waals surface area contributed by atoms with Crippen LogP contribution in [0.4, 0.5) is 0 Å². The van der Waals surface area contributed by atoms with Crippen molar-refractivity contribution in [3.05, 3.63) is 35.9 Å². The van der Waals surface area contributed by atoms with E-state index in [0.29, 0.717) is 6.42 Å². The average molecular weight is 175 g/mol. The summed E-state index contributed by atoms with van der Waals surface area (Å²) in [7, 11) is 0. The Balaban J connectivity index is 2.98. The summed E-state index contributed by atoms with van der Waals surface area (Å²) in [4.78, 5) is 0. The molecular formula is C11H13NO. The number of benzene rings is 1. The number of hydrogen-bond acceptors (Lipinski definition) is 2. The number of nitrogens with zero attached hydrogens (tertiary/aromatic N) is 1. The molecule has 0 spiro atoms. The maximum atomic E-state index is 9.01. The molecule has 1 rings (SSSR count). The van der Waals surface area contributed by atoms with Crippen LogP contribution in [0, 0.1) is 11.3 Å². The lowest BCUT2D eigenvalue weighted by Crippen LogP contribution is -2.20. The molecule has 2 nitrogen and oxygen atoms in total. The zero-order valence-corrected chi connectivity index (χ0v) is 7.70. The van der Waals surface area contributed by atoms with Gasteiger partial charge in [-0.05, 0) is 18.9 Å². The quantitative estimate of drug-likeness (QED) is 0.761.